The molecule has 5 heteroatoms. The Kier molecular flexibility index (Phi) is 4.24. The number of nitrogens with zero attached hydrogens (tertiary/aromatic N) is 4. The van der Waals surface area contributed by atoms with Gasteiger partial charge in [-0.1, -0.05) is 6.07 Å². The highest BCUT2D eigenvalue weighted by Gasteiger charge is 2.11. The van der Waals surface area contributed by atoms with Crippen LogP contribution >= 0.6 is 0 Å². The number of anilines is 1. The molecule has 0 aliphatic carbocycles. The van der Waals surface area contributed by atoms with Crippen LogP contribution in [0.2, 0.25) is 0 Å². The number of nitrogens with one attached hydrogen (secondary N) is 1. The summed E-state index contributed by atoms with van der Waals surface area (Å²) in [7, 11) is 4.21. The minimum atomic E-state index is 0.883. The summed E-state index contributed by atoms with van der Waals surface area (Å²) in [5.74, 6) is 0.883. The number of pyridine rings is 1. The van der Waals surface area contributed by atoms with Crippen molar-refractivity contribution in [2.24, 2.45) is 0 Å². The van der Waals surface area contributed by atoms with Crippen LogP contribution in [0.5, 0.6) is 0 Å². The van der Waals surface area contributed by atoms with Gasteiger partial charge in [-0.25, -0.2) is 0 Å². The van der Waals surface area contributed by atoms with Crippen LogP contribution < -0.4 is 5.32 Å². The van der Waals surface area contributed by atoms with E-state index in [1.165, 1.54) is 11.9 Å². The Bertz CT molecular complexity index is 775. The fourth-order valence-corrected chi connectivity index (χ4v) is 2.79. The van der Waals surface area contributed by atoms with E-state index in [9.17, 15) is 0 Å². The third-order valence-corrected chi connectivity index (χ3v) is 3.90. The molecule has 3 rings (SSSR count). The van der Waals surface area contributed by atoms with E-state index >= 15 is 0 Å². The predicted molar refractivity (Wildman–Crippen MR) is 91.5 cm³/mol. The summed E-state index contributed by atoms with van der Waals surface area (Å²) in [6.07, 6.45) is 4.38. The number of fused-ring (bicyclic) bond motifs is 3. The van der Waals surface area contributed by atoms with Crippen LogP contribution in [0, 0.1) is 6.92 Å². The van der Waals surface area contributed by atoms with Gasteiger partial charge in [-0.2, -0.15) is 5.10 Å². The fourth-order valence-electron chi connectivity index (χ4n) is 2.79. The van der Waals surface area contributed by atoms with Gasteiger partial charge in [0.05, 0.1) is 11.2 Å². The van der Waals surface area contributed by atoms with Crippen LogP contribution in [0.3, 0.4) is 0 Å². The molecule has 0 aromatic carbocycles. The lowest BCUT2D eigenvalue weighted by Gasteiger charge is -2.10. The molecule has 3 heterocycles. The first-order valence-electron chi connectivity index (χ1n) is 7.78. The molecule has 22 heavy (non-hydrogen) atoms. The van der Waals surface area contributed by atoms with E-state index in [-0.39, 0.29) is 0 Å². The molecule has 3 aromatic rings. The Hall–Kier alpha value is -2.14. The number of rotatable bonds is 6. The first kappa shape index (κ1) is 14.8. The largest absolute Gasteiger partial charge is 0.368 e. The Morgan fingerprint density at radius 3 is 2.86 bits per heavy atom. The zero-order chi connectivity index (χ0) is 15.5. The van der Waals surface area contributed by atoms with Gasteiger partial charge in [0, 0.05) is 23.6 Å². The molecule has 0 aliphatic heterocycles. The quantitative estimate of drug-likeness (QED) is 0.711. The minimum absolute atomic E-state index is 0.883. The first-order valence-corrected chi connectivity index (χ1v) is 7.78. The second-order valence-electron chi connectivity index (χ2n) is 5.97. The van der Waals surface area contributed by atoms with E-state index in [0.717, 1.165) is 41.9 Å². The van der Waals surface area contributed by atoms with Crippen molar-refractivity contribution < 1.29 is 0 Å². The number of hydrogen-bond donors (Lipinski definition) is 1. The third kappa shape index (κ3) is 2.90. The van der Waals surface area contributed by atoms with Gasteiger partial charge in [0.25, 0.3) is 0 Å². The monoisotopic (exact) mass is 297 g/mol. The topological polar surface area (TPSA) is 45.5 Å². The molecule has 0 saturated carbocycles. The van der Waals surface area contributed by atoms with E-state index in [1.54, 1.807) is 0 Å². The molecule has 0 unspecified atom stereocenters. The SMILES string of the molecule is Cc1nnc(NCCCCN(C)C)c2cc3ccccn3c12. The van der Waals surface area contributed by atoms with Gasteiger partial charge in [-0.05, 0) is 58.6 Å². The van der Waals surface area contributed by atoms with Gasteiger partial charge in [0.15, 0.2) is 5.82 Å². The molecule has 0 radical (unpaired) electrons. The maximum atomic E-state index is 4.35. The number of aromatic nitrogens is 3. The van der Waals surface area contributed by atoms with Gasteiger partial charge in [0.2, 0.25) is 0 Å². The summed E-state index contributed by atoms with van der Waals surface area (Å²) in [5, 5.41) is 13.3. The minimum Gasteiger partial charge on any atom is -0.368 e. The predicted octanol–water partition coefficient (Wildman–Crippen LogP) is 2.94. The fraction of sp³-hybridized carbons (Fsp3) is 0.412. The van der Waals surface area contributed by atoms with Crippen LogP contribution in [-0.4, -0.2) is 46.7 Å². The average Bonchev–Trinajstić information content (AvgIpc) is 2.89. The third-order valence-electron chi connectivity index (χ3n) is 3.90. The van der Waals surface area contributed by atoms with Gasteiger partial charge < -0.3 is 14.6 Å². The molecule has 0 amide bonds. The molecule has 0 spiro atoms. The first-order chi connectivity index (χ1) is 10.7. The van der Waals surface area contributed by atoms with E-state index in [0.29, 0.717) is 0 Å². The molecular weight excluding hydrogens is 274 g/mol. The maximum Gasteiger partial charge on any atom is 0.158 e. The molecular formula is C17H23N5. The van der Waals surface area contributed by atoms with Crippen LogP contribution in [0.25, 0.3) is 16.4 Å². The van der Waals surface area contributed by atoms with Crippen LogP contribution in [0.1, 0.15) is 18.5 Å². The highest BCUT2D eigenvalue weighted by molar-refractivity contribution is 5.96. The molecule has 116 valence electrons. The Morgan fingerprint density at radius 1 is 1.18 bits per heavy atom. The molecule has 0 fully saturated rings. The molecule has 1 N–H and O–H groups in total. The highest BCUT2D eigenvalue weighted by Crippen LogP contribution is 2.26. The number of unbranched alkanes of at least 4 members (excludes halogenated alkanes) is 1. The van der Waals surface area contributed by atoms with Crippen molar-refractivity contribution in [1.82, 2.24) is 19.5 Å². The van der Waals surface area contributed by atoms with Crippen LogP contribution in [0.15, 0.2) is 30.5 Å². The number of aryl methyl sites for hydroxylation is 1. The van der Waals surface area contributed by atoms with Crippen molar-refractivity contribution >= 4 is 22.2 Å². The van der Waals surface area contributed by atoms with Crippen LogP contribution in [-0.2, 0) is 0 Å². The lowest BCUT2D eigenvalue weighted by Crippen LogP contribution is -2.14. The van der Waals surface area contributed by atoms with E-state index in [1.807, 2.05) is 13.0 Å². The smallest absolute Gasteiger partial charge is 0.158 e. The molecule has 5 nitrogen and oxygen atoms in total. The van der Waals surface area contributed by atoms with Gasteiger partial charge in [-0.15, -0.1) is 5.10 Å². The standard InChI is InChI=1S/C17H23N5/c1-13-16-15(12-14-8-4-6-11-22(14)16)17(20-19-13)18-9-5-7-10-21(2)3/h4,6,8,11-12H,5,7,9-10H2,1-3H3,(H,18,20). The summed E-state index contributed by atoms with van der Waals surface area (Å²) in [6.45, 7) is 4.05. The lowest BCUT2D eigenvalue weighted by molar-refractivity contribution is 0.396. The van der Waals surface area contributed by atoms with E-state index < -0.39 is 0 Å². The summed E-state index contributed by atoms with van der Waals surface area (Å²) >= 11 is 0. The normalized spacial score (nSPS) is 11.6. The summed E-state index contributed by atoms with van der Waals surface area (Å²) in [5.41, 5.74) is 3.27. The maximum absolute atomic E-state index is 4.35. The lowest BCUT2D eigenvalue weighted by atomic mass is 10.2. The van der Waals surface area contributed by atoms with Gasteiger partial charge in [-0.3, -0.25) is 0 Å². The van der Waals surface area contributed by atoms with Crippen molar-refractivity contribution in [1.29, 1.82) is 0 Å². The summed E-state index contributed by atoms with van der Waals surface area (Å²) < 4.78 is 2.18. The van der Waals surface area contributed by atoms with Crippen molar-refractivity contribution in [3.8, 4) is 0 Å². The Morgan fingerprint density at radius 2 is 2.05 bits per heavy atom. The molecule has 0 atom stereocenters. The van der Waals surface area contributed by atoms with Crippen molar-refractivity contribution in [2.45, 2.75) is 19.8 Å². The molecule has 0 bridgehead atoms. The van der Waals surface area contributed by atoms with Crippen LogP contribution in [0.4, 0.5) is 5.82 Å². The summed E-state index contributed by atoms with van der Waals surface area (Å²) in [6, 6.07) is 8.39. The van der Waals surface area contributed by atoms with E-state index in [2.05, 4.69) is 63.3 Å². The average molecular weight is 297 g/mol. The van der Waals surface area contributed by atoms with Crippen molar-refractivity contribution in [2.75, 3.05) is 32.5 Å². The molecule has 3 aromatic heterocycles. The van der Waals surface area contributed by atoms with Gasteiger partial charge in [0.1, 0.15) is 0 Å². The summed E-state index contributed by atoms with van der Waals surface area (Å²) in [4.78, 5) is 2.21. The van der Waals surface area contributed by atoms with Crippen molar-refractivity contribution in [3.05, 3.63) is 36.2 Å². The second-order valence-corrected chi connectivity index (χ2v) is 5.97. The van der Waals surface area contributed by atoms with Gasteiger partial charge >= 0.3 is 0 Å². The second kappa shape index (κ2) is 6.32. The van der Waals surface area contributed by atoms with E-state index in [4.69, 9.17) is 0 Å². The molecule has 0 aliphatic rings. The number of hydrogen-bond acceptors (Lipinski definition) is 4. The highest BCUT2D eigenvalue weighted by atomic mass is 15.2. The zero-order valence-electron chi connectivity index (χ0n) is 13.5. The Balaban J connectivity index is 1.83. The zero-order valence-corrected chi connectivity index (χ0v) is 13.5. The Labute approximate surface area is 131 Å². The van der Waals surface area contributed by atoms with Crippen molar-refractivity contribution in [3.63, 3.8) is 0 Å². The molecule has 0 saturated heterocycles.